The number of hydrogen-bond donors (Lipinski definition) is 1. The molecule has 0 saturated heterocycles. The van der Waals surface area contributed by atoms with Gasteiger partial charge < -0.3 is 5.32 Å². The molecule has 0 unspecified atom stereocenters. The van der Waals surface area contributed by atoms with Gasteiger partial charge in [-0.05, 0) is 5.56 Å². The van der Waals surface area contributed by atoms with Crippen LogP contribution in [0.5, 0.6) is 0 Å². The van der Waals surface area contributed by atoms with Gasteiger partial charge in [-0.3, -0.25) is 14.8 Å². The molecule has 0 radical (unpaired) electrons. The van der Waals surface area contributed by atoms with Crippen molar-refractivity contribution in [2.75, 3.05) is 5.32 Å². The number of nitro benzene ring substituents is 1. The van der Waals surface area contributed by atoms with E-state index in [1.54, 1.807) is 24.0 Å². The standard InChI is InChI=1S/C13H12N6O2/c1-18-13-11(7-17-18)12(15-8-16-13)14-6-9-3-2-4-10(5-9)19(20)21/h2-5,7-8H,6H2,1H3,(H,14,15,16). The number of rotatable bonds is 4. The second-order valence-corrected chi connectivity index (χ2v) is 4.51. The van der Waals surface area contributed by atoms with Crippen LogP contribution in [0.2, 0.25) is 0 Å². The topological polar surface area (TPSA) is 98.8 Å². The van der Waals surface area contributed by atoms with Crippen LogP contribution in [-0.2, 0) is 13.6 Å². The zero-order valence-corrected chi connectivity index (χ0v) is 11.2. The maximum absolute atomic E-state index is 10.8. The molecular weight excluding hydrogens is 272 g/mol. The SMILES string of the molecule is Cn1ncc2c(NCc3cccc([N+](=O)[O-])c3)ncnc21. The number of nitrogens with zero attached hydrogens (tertiary/aromatic N) is 5. The number of benzene rings is 1. The third-order valence-electron chi connectivity index (χ3n) is 3.11. The van der Waals surface area contributed by atoms with Crippen LogP contribution in [0.25, 0.3) is 11.0 Å². The second kappa shape index (κ2) is 5.16. The van der Waals surface area contributed by atoms with Gasteiger partial charge in [0.2, 0.25) is 0 Å². The van der Waals surface area contributed by atoms with Gasteiger partial charge in [0.05, 0.1) is 16.5 Å². The number of nitro groups is 1. The highest BCUT2D eigenvalue weighted by Crippen LogP contribution is 2.19. The Morgan fingerprint density at radius 3 is 3.05 bits per heavy atom. The van der Waals surface area contributed by atoms with Gasteiger partial charge in [0.15, 0.2) is 5.65 Å². The normalized spacial score (nSPS) is 10.7. The minimum absolute atomic E-state index is 0.0727. The van der Waals surface area contributed by atoms with Gasteiger partial charge in [-0.1, -0.05) is 12.1 Å². The van der Waals surface area contributed by atoms with Crippen LogP contribution in [0.3, 0.4) is 0 Å². The maximum Gasteiger partial charge on any atom is 0.269 e. The molecule has 21 heavy (non-hydrogen) atoms. The van der Waals surface area contributed by atoms with Crippen molar-refractivity contribution in [3.05, 3.63) is 52.5 Å². The lowest BCUT2D eigenvalue weighted by Gasteiger charge is -2.06. The monoisotopic (exact) mass is 284 g/mol. The van der Waals surface area contributed by atoms with Gasteiger partial charge in [0.25, 0.3) is 5.69 Å². The molecule has 0 spiro atoms. The van der Waals surface area contributed by atoms with Crippen molar-refractivity contribution in [2.24, 2.45) is 7.05 Å². The zero-order valence-electron chi connectivity index (χ0n) is 11.2. The van der Waals surface area contributed by atoms with Crippen LogP contribution in [-0.4, -0.2) is 24.7 Å². The molecule has 8 nitrogen and oxygen atoms in total. The first-order valence-corrected chi connectivity index (χ1v) is 6.25. The molecular formula is C13H12N6O2. The molecule has 2 aromatic heterocycles. The third-order valence-corrected chi connectivity index (χ3v) is 3.11. The van der Waals surface area contributed by atoms with Crippen molar-refractivity contribution in [2.45, 2.75) is 6.54 Å². The Balaban J connectivity index is 1.83. The number of anilines is 1. The Kier molecular flexibility index (Phi) is 3.19. The van der Waals surface area contributed by atoms with Crippen molar-refractivity contribution in [3.8, 4) is 0 Å². The lowest BCUT2D eigenvalue weighted by molar-refractivity contribution is -0.384. The Bertz CT molecular complexity index is 813. The zero-order chi connectivity index (χ0) is 14.8. The molecule has 106 valence electrons. The van der Waals surface area contributed by atoms with Crippen LogP contribution >= 0.6 is 0 Å². The third kappa shape index (κ3) is 2.50. The first kappa shape index (κ1) is 13.0. The lowest BCUT2D eigenvalue weighted by atomic mass is 10.2. The van der Waals surface area contributed by atoms with Crippen LogP contribution < -0.4 is 5.32 Å². The molecule has 0 amide bonds. The summed E-state index contributed by atoms with van der Waals surface area (Å²) in [5.74, 6) is 0.652. The Morgan fingerprint density at radius 2 is 2.24 bits per heavy atom. The fraction of sp³-hybridized carbons (Fsp3) is 0.154. The van der Waals surface area contributed by atoms with E-state index in [4.69, 9.17) is 0 Å². The summed E-state index contributed by atoms with van der Waals surface area (Å²) in [4.78, 5) is 18.7. The van der Waals surface area contributed by atoms with Crippen molar-refractivity contribution < 1.29 is 4.92 Å². The predicted molar refractivity (Wildman–Crippen MR) is 76.7 cm³/mol. The van der Waals surface area contributed by atoms with Crippen molar-refractivity contribution >= 4 is 22.5 Å². The lowest BCUT2D eigenvalue weighted by Crippen LogP contribution is -2.03. The van der Waals surface area contributed by atoms with Gasteiger partial charge in [-0.2, -0.15) is 5.10 Å². The summed E-state index contributed by atoms with van der Waals surface area (Å²) in [6.45, 7) is 0.433. The first-order valence-electron chi connectivity index (χ1n) is 6.25. The van der Waals surface area contributed by atoms with Gasteiger partial charge in [0.1, 0.15) is 12.1 Å². The van der Waals surface area contributed by atoms with E-state index in [0.29, 0.717) is 12.4 Å². The molecule has 3 rings (SSSR count). The summed E-state index contributed by atoms with van der Waals surface area (Å²) in [7, 11) is 1.81. The number of fused-ring (bicyclic) bond motifs is 1. The average Bonchev–Trinajstić information content (AvgIpc) is 2.88. The molecule has 3 aromatic rings. The van der Waals surface area contributed by atoms with Gasteiger partial charge in [-0.15, -0.1) is 0 Å². The van der Waals surface area contributed by atoms with E-state index in [1.807, 2.05) is 6.07 Å². The molecule has 0 bridgehead atoms. The molecule has 0 saturated carbocycles. The fourth-order valence-corrected chi connectivity index (χ4v) is 2.07. The summed E-state index contributed by atoms with van der Waals surface area (Å²) in [5.41, 5.74) is 1.61. The smallest absolute Gasteiger partial charge is 0.269 e. The molecule has 8 heteroatoms. The van der Waals surface area contributed by atoms with E-state index in [1.165, 1.54) is 18.5 Å². The maximum atomic E-state index is 10.8. The van der Waals surface area contributed by atoms with Gasteiger partial charge in [0, 0.05) is 25.7 Å². The quantitative estimate of drug-likeness (QED) is 0.580. The minimum atomic E-state index is -0.409. The molecule has 1 aromatic carbocycles. The Morgan fingerprint density at radius 1 is 1.38 bits per heavy atom. The fourth-order valence-electron chi connectivity index (χ4n) is 2.07. The average molecular weight is 284 g/mol. The summed E-state index contributed by atoms with van der Waals surface area (Å²) in [6.07, 6.45) is 3.14. The van der Waals surface area contributed by atoms with Gasteiger partial charge in [-0.25, -0.2) is 9.97 Å². The highest BCUT2D eigenvalue weighted by molar-refractivity contribution is 5.85. The highest BCUT2D eigenvalue weighted by Gasteiger charge is 2.09. The van der Waals surface area contributed by atoms with Crippen LogP contribution in [0.15, 0.2) is 36.8 Å². The predicted octanol–water partition coefficient (Wildman–Crippen LogP) is 1.88. The van der Waals surface area contributed by atoms with E-state index in [-0.39, 0.29) is 5.69 Å². The highest BCUT2D eigenvalue weighted by atomic mass is 16.6. The summed E-state index contributed by atoms with van der Waals surface area (Å²) in [6, 6.07) is 6.48. The molecule has 2 heterocycles. The van der Waals surface area contributed by atoms with E-state index < -0.39 is 4.92 Å². The van der Waals surface area contributed by atoms with Gasteiger partial charge >= 0.3 is 0 Å². The molecule has 0 aliphatic heterocycles. The van der Waals surface area contributed by atoms with E-state index >= 15 is 0 Å². The number of nitrogens with one attached hydrogen (secondary N) is 1. The number of hydrogen-bond acceptors (Lipinski definition) is 6. The van der Waals surface area contributed by atoms with Crippen LogP contribution in [0.1, 0.15) is 5.56 Å². The molecule has 0 aliphatic rings. The van der Waals surface area contributed by atoms with Crippen molar-refractivity contribution in [3.63, 3.8) is 0 Å². The van der Waals surface area contributed by atoms with E-state index in [0.717, 1.165) is 16.6 Å². The van der Waals surface area contributed by atoms with Crippen LogP contribution in [0, 0.1) is 10.1 Å². The first-order chi connectivity index (χ1) is 10.1. The number of aryl methyl sites for hydroxylation is 1. The molecule has 0 atom stereocenters. The Labute approximate surface area is 119 Å². The number of non-ortho nitro benzene ring substituents is 1. The molecule has 0 fully saturated rings. The largest absolute Gasteiger partial charge is 0.365 e. The Hall–Kier alpha value is -3.03. The van der Waals surface area contributed by atoms with Crippen molar-refractivity contribution in [1.29, 1.82) is 0 Å². The second-order valence-electron chi connectivity index (χ2n) is 4.51. The van der Waals surface area contributed by atoms with Crippen LogP contribution in [0.4, 0.5) is 11.5 Å². The summed E-state index contributed by atoms with van der Waals surface area (Å²) >= 11 is 0. The van der Waals surface area contributed by atoms with E-state index in [2.05, 4.69) is 20.4 Å². The molecule has 1 N–H and O–H groups in total. The number of aromatic nitrogens is 4. The molecule has 0 aliphatic carbocycles. The summed E-state index contributed by atoms with van der Waals surface area (Å²) in [5, 5.41) is 18.9. The minimum Gasteiger partial charge on any atom is -0.365 e. The van der Waals surface area contributed by atoms with E-state index in [9.17, 15) is 10.1 Å². The van der Waals surface area contributed by atoms with Crippen molar-refractivity contribution in [1.82, 2.24) is 19.7 Å². The summed E-state index contributed by atoms with van der Waals surface area (Å²) < 4.78 is 1.66.